The lowest BCUT2D eigenvalue weighted by Gasteiger charge is -2.10. The first-order chi connectivity index (χ1) is 11.7. The molecule has 1 N–H and O–H groups in total. The van der Waals surface area contributed by atoms with E-state index in [1.807, 2.05) is 36.4 Å². The van der Waals surface area contributed by atoms with Crippen LogP contribution in [0.15, 0.2) is 48.5 Å². The highest BCUT2D eigenvalue weighted by Crippen LogP contribution is 2.16. The molecule has 0 unspecified atom stereocenters. The molecule has 0 aliphatic carbocycles. The molecule has 0 spiro atoms. The Hall–Kier alpha value is -2.49. The van der Waals surface area contributed by atoms with Gasteiger partial charge in [0.1, 0.15) is 24.7 Å². The van der Waals surface area contributed by atoms with Crippen molar-refractivity contribution in [3.63, 3.8) is 0 Å². The number of hydrogen-bond acceptors (Lipinski definition) is 3. The third-order valence-electron chi connectivity index (χ3n) is 3.61. The maximum absolute atomic E-state index is 10.6. The minimum Gasteiger partial charge on any atom is -0.490 e. The zero-order valence-corrected chi connectivity index (χ0v) is 14.0. The summed E-state index contributed by atoms with van der Waals surface area (Å²) in [6.45, 7) is 3.07. The number of hydrogen-bond donors (Lipinski definition) is 1. The lowest BCUT2D eigenvalue weighted by molar-refractivity contribution is -0.136. The summed E-state index contributed by atoms with van der Waals surface area (Å²) in [6, 6.07) is 15.7. The second-order valence-corrected chi connectivity index (χ2v) is 5.63. The summed E-state index contributed by atoms with van der Waals surface area (Å²) in [6.07, 6.45) is 2.86. The molecule has 4 nitrogen and oxygen atoms in total. The van der Waals surface area contributed by atoms with Gasteiger partial charge in [-0.15, -0.1) is 0 Å². The molecule has 0 saturated carbocycles. The first kappa shape index (κ1) is 17.9. The molecule has 0 aliphatic heterocycles. The molecule has 4 heteroatoms. The lowest BCUT2D eigenvalue weighted by Crippen LogP contribution is -2.09. The molecule has 2 aromatic rings. The fourth-order valence-electron chi connectivity index (χ4n) is 2.40. The molecule has 0 fully saturated rings. The van der Waals surface area contributed by atoms with Gasteiger partial charge in [0, 0.05) is 6.42 Å². The predicted octanol–water partition coefficient (Wildman–Crippen LogP) is 4.11. The Morgan fingerprint density at radius 1 is 0.917 bits per heavy atom. The Morgan fingerprint density at radius 3 is 2.29 bits per heavy atom. The van der Waals surface area contributed by atoms with Crippen molar-refractivity contribution in [2.75, 3.05) is 13.2 Å². The van der Waals surface area contributed by atoms with Crippen molar-refractivity contribution in [1.82, 2.24) is 0 Å². The molecule has 2 rings (SSSR count). The van der Waals surface area contributed by atoms with E-state index in [-0.39, 0.29) is 6.42 Å². The van der Waals surface area contributed by atoms with E-state index >= 15 is 0 Å². The summed E-state index contributed by atoms with van der Waals surface area (Å²) in [5.41, 5.74) is 2.28. The van der Waals surface area contributed by atoms with Crippen molar-refractivity contribution in [1.29, 1.82) is 0 Å². The zero-order chi connectivity index (χ0) is 17.2. The van der Waals surface area contributed by atoms with Gasteiger partial charge < -0.3 is 14.6 Å². The minimum absolute atomic E-state index is 0.126. The van der Waals surface area contributed by atoms with E-state index in [4.69, 9.17) is 14.6 Å². The number of carboxylic acids is 1. The summed E-state index contributed by atoms with van der Waals surface area (Å²) in [5, 5.41) is 8.72. The van der Waals surface area contributed by atoms with E-state index in [0.717, 1.165) is 29.9 Å². The number of ether oxygens (including phenoxy) is 2. The smallest absolute Gasteiger partial charge is 0.303 e. The number of rotatable bonds is 10. The highest BCUT2D eigenvalue weighted by atomic mass is 16.5. The summed E-state index contributed by atoms with van der Waals surface area (Å²) in [4.78, 5) is 10.6. The van der Waals surface area contributed by atoms with Crippen molar-refractivity contribution in [3.05, 3.63) is 59.7 Å². The van der Waals surface area contributed by atoms with Crippen LogP contribution in [0.1, 0.15) is 30.9 Å². The second kappa shape index (κ2) is 9.60. The number of aryl methyl sites for hydroxylation is 2. The average molecular weight is 328 g/mol. The van der Waals surface area contributed by atoms with Gasteiger partial charge in [0.2, 0.25) is 0 Å². The van der Waals surface area contributed by atoms with Crippen molar-refractivity contribution < 1.29 is 19.4 Å². The van der Waals surface area contributed by atoms with Crippen LogP contribution in [0.3, 0.4) is 0 Å². The third kappa shape index (κ3) is 6.32. The van der Waals surface area contributed by atoms with Gasteiger partial charge in [-0.3, -0.25) is 4.79 Å². The average Bonchev–Trinajstić information content (AvgIpc) is 2.59. The molecule has 0 atom stereocenters. The number of carboxylic acid groups (broad SMARTS) is 1. The van der Waals surface area contributed by atoms with Crippen molar-refractivity contribution in [2.45, 2.75) is 32.6 Å². The van der Waals surface area contributed by atoms with Crippen LogP contribution in [-0.2, 0) is 17.6 Å². The van der Waals surface area contributed by atoms with Crippen LogP contribution in [0.2, 0.25) is 0 Å². The largest absolute Gasteiger partial charge is 0.490 e. The fourth-order valence-corrected chi connectivity index (χ4v) is 2.40. The maximum Gasteiger partial charge on any atom is 0.303 e. The van der Waals surface area contributed by atoms with Crippen LogP contribution in [0.4, 0.5) is 0 Å². The van der Waals surface area contributed by atoms with E-state index in [1.165, 1.54) is 5.56 Å². The molecule has 0 amide bonds. The van der Waals surface area contributed by atoms with Gasteiger partial charge in [-0.1, -0.05) is 37.6 Å². The van der Waals surface area contributed by atoms with Crippen molar-refractivity contribution >= 4 is 5.97 Å². The van der Waals surface area contributed by atoms with Crippen LogP contribution in [0.5, 0.6) is 11.5 Å². The van der Waals surface area contributed by atoms with Gasteiger partial charge in [0.25, 0.3) is 0 Å². The minimum atomic E-state index is -0.792. The number of carbonyl (C=O) groups is 1. The van der Waals surface area contributed by atoms with Gasteiger partial charge in [-0.05, 0) is 48.2 Å². The molecule has 0 aliphatic rings. The van der Waals surface area contributed by atoms with Gasteiger partial charge in [-0.25, -0.2) is 0 Å². The Bertz CT molecular complexity index is 634. The van der Waals surface area contributed by atoms with E-state index in [9.17, 15) is 4.79 Å². The Balaban J connectivity index is 1.73. The molecule has 24 heavy (non-hydrogen) atoms. The molecular formula is C20H24O4. The molecule has 0 radical (unpaired) electrons. The van der Waals surface area contributed by atoms with Gasteiger partial charge >= 0.3 is 5.97 Å². The van der Waals surface area contributed by atoms with Gasteiger partial charge in [0.05, 0.1) is 0 Å². The molecule has 0 heterocycles. The van der Waals surface area contributed by atoms with E-state index < -0.39 is 5.97 Å². The topological polar surface area (TPSA) is 55.8 Å². The fraction of sp³-hybridized carbons (Fsp3) is 0.350. The Morgan fingerprint density at radius 2 is 1.62 bits per heavy atom. The van der Waals surface area contributed by atoms with Gasteiger partial charge in [-0.2, -0.15) is 0 Å². The summed E-state index contributed by atoms with van der Waals surface area (Å²) < 4.78 is 11.3. The van der Waals surface area contributed by atoms with Crippen LogP contribution in [0, 0.1) is 0 Å². The van der Waals surface area contributed by atoms with E-state index in [2.05, 4.69) is 19.1 Å². The summed E-state index contributed by atoms with van der Waals surface area (Å²) >= 11 is 0. The number of benzene rings is 2. The van der Waals surface area contributed by atoms with Crippen molar-refractivity contribution in [2.24, 2.45) is 0 Å². The standard InChI is InChI=1S/C20H24O4/c1-2-4-16-7-10-18(11-8-16)23-13-14-24-19-6-3-5-17(15-19)9-12-20(21)22/h3,5-8,10-11,15H,2,4,9,12-14H2,1H3,(H,21,22). The summed E-state index contributed by atoms with van der Waals surface area (Å²) in [7, 11) is 0. The first-order valence-corrected chi connectivity index (χ1v) is 8.32. The number of aliphatic carboxylic acids is 1. The normalized spacial score (nSPS) is 10.4. The van der Waals surface area contributed by atoms with E-state index in [0.29, 0.717) is 19.6 Å². The molecule has 0 saturated heterocycles. The van der Waals surface area contributed by atoms with Crippen LogP contribution in [-0.4, -0.2) is 24.3 Å². The second-order valence-electron chi connectivity index (χ2n) is 5.63. The SMILES string of the molecule is CCCc1ccc(OCCOc2cccc(CCC(=O)O)c2)cc1. The molecule has 0 aromatic heterocycles. The van der Waals surface area contributed by atoms with Crippen LogP contribution >= 0.6 is 0 Å². The quantitative estimate of drug-likeness (QED) is 0.667. The lowest BCUT2D eigenvalue weighted by atomic mass is 10.1. The predicted molar refractivity (Wildman–Crippen MR) is 93.8 cm³/mol. The maximum atomic E-state index is 10.6. The monoisotopic (exact) mass is 328 g/mol. The van der Waals surface area contributed by atoms with Crippen molar-refractivity contribution in [3.8, 4) is 11.5 Å². The molecule has 128 valence electrons. The molecule has 0 bridgehead atoms. The first-order valence-electron chi connectivity index (χ1n) is 8.32. The molecular weight excluding hydrogens is 304 g/mol. The third-order valence-corrected chi connectivity index (χ3v) is 3.61. The Kier molecular flexibility index (Phi) is 7.15. The van der Waals surface area contributed by atoms with Gasteiger partial charge in [0.15, 0.2) is 0 Å². The molecule has 2 aromatic carbocycles. The Labute approximate surface area is 143 Å². The summed E-state index contributed by atoms with van der Waals surface area (Å²) in [5.74, 6) is 0.785. The van der Waals surface area contributed by atoms with Crippen LogP contribution in [0.25, 0.3) is 0 Å². The zero-order valence-electron chi connectivity index (χ0n) is 14.0. The highest BCUT2D eigenvalue weighted by molar-refractivity contribution is 5.67. The highest BCUT2D eigenvalue weighted by Gasteiger charge is 2.01. The van der Waals surface area contributed by atoms with Crippen LogP contribution < -0.4 is 9.47 Å². The van der Waals surface area contributed by atoms with E-state index in [1.54, 1.807) is 0 Å².